The number of hydrogen-bond acceptors (Lipinski definition) is 0. The predicted octanol–water partition coefficient (Wildman–Crippen LogP) is 5.97. The minimum atomic E-state index is 0. The van der Waals surface area contributed by atoms with Gasteiger partial charge in [-0.3, -0.25) is 0 Å². The van der Waals surface area contributed by atoms with Gasteiger partial charge in [0, 0.05) is 0 Å². The van der Waals surface area contributed by atoms with Gasteiger partial charge >= 0.3 is 0 Å². The Kier molecular flexibility index (Phi) is 17.0. The minimum absolute atomic E-state index is 0. The Balaban J connectivity index is 0. The third kappa shape index (κ3) is 20.9. The Hall–Kier alpha value is 0.440. The van der Waals surface area contributed by atoms with E-state index in [1.807, 2.05) is 0 Å². The SMILES string of the molecule is Br.CCCCCCCCCCCCCC[N+](C)(C)C. The van der Waals surface area contributed by atoms with Crippen LogP contribution in [-0.2, 0) is 0 Å². The molecule has 0 saturated carbocycles. The fraction of sp³-hybridized carbons (Fsp3) is 1.00. The average Bonchev–Trinajstić information content (AvgIpc) is 2.29. The summed E-state index contributed by atoms with van der Waals surface area (Å²) in [6, 6.07) is 0. The van der Waals surface area contributed by atoms with E-state index in [-0.39, 0.29) is 17.0 Å². The molecular formula is C17H39BrN+. The number of nitrogens with zero attached hydrogens (tertiary/aromatic N) is 1. The number of halogens is 1. The Bertz CT molecular complexity index is 163. The van der Waals surface area contributed by atoms with Crippen LogP contribution in [0.4, 0.5) is 0 Å². The molecule has 0 atom stereocenters. The maximum Gasteiger partial charge on any atom is 0.0780 e. The van der Waals surface area contributed by atoms with Crippen LogP contribution in [0.15, 0.2) is 0 Å². The van der Waals surface area contributed by atoms with Crippen molar-refractivity contribution in [1.82, 2.24) is 0 Å². The number of unbranched alkanes of at least 4 members (excludes halogenated alkanes) is 11. The van der Waals surface area contributed by atoms with Crippen LogP contribution in [0.1, 0.15) is 84.0 Å². The molecule has 0 heterocycles. The van der Waals surface area contributed by atoms with Crippen molar-refractivity contribution in [3.8, 4) is 0 Å². The van der Waals surface area contributed by atoms with E-state index in [1.54, 1.807) is 0 Å². The van der Waals surface area contributed by atoms with Crippen molar-refractivity contribution in [3.05, 3.63) is 0 Å². The molecule has 0 aliphatic rings. The van der Waals surface area contributed by atoms with Crippen LogP contribution >= 0.6 is 17.0 Å². The highest BCUT2D eigenvalue weighted by Crippen LogP contribution is 2.12. The quantitative estimate of drug-likeness (QED) is 0.287. The Morgan fingerprint density at radius 2 is 0.842 bits per heavy atom. The summed E-state index contributed by atoms with van der Waals surface area (Å²) in [6.45, 7) is 3.62. The van der Waals surface area contributed by atoms with E-state index in [0.29, 0.717) is 0 Å². The van der Waals surface area contributed by atoms with Gasteiger partial charge in [-0.15, -0.1) is 17.0 Å². The first-order valence-electron chi connectivity index (χ1n) is 8.36. The van der Waals surface area contributed by atoms with Gasteiger partial charge in [0.2, 0.25) is 0 Å². The fourth-order valence-electron chi connectivity index (χ4n) is 2.43. The Morgan fingerprint density at radius 3 is 1.16 bits per heavy atom. The number of hydrogen-bond donors (Lipinski definition) is 0. The van der Waals surface area contributed by atoms with Crippen molar-refractivity contribution in [2.75, 3.05) is 27.7 Å². The van der Waals surface area contributed by atoms with Gasteiger partial charge < -0.3 is 4.48 Å². The first-order valence-corrected chi connectivity index (χ1v) is 8.36. The van der Waals surface area contributed by atoms with Crippen molar-refractivity contribution in [1.29, 1.82) is 0 Å². The molecule has 0 aliphatic carbocycles. The van der Waals surface area contributed by atoms with Crippen LogP contribution in [0.5, 0.6) is 0 Å². The van der Waals surface area contributed by atoms with Crippen LogP contribution in [0.2, 0.25) is 0 Å². The van der Waals surface area contributed by atoms with E-state index in [4.69, 9.17) is 0 Å². The molecule has 0 N–H and O–H groups in total. The lowest BCUT2D eigenvalue weighted by Gasteiger charge is -2.23. The molecule has 0 spiro atoms. The van der Waals surface area contributed by atoms with E-state index >= 15 is 0 Å². The second-order valence-electron chi connectivity index (χ2n) is 6.90. The predicted molar refractivity (Wildman–Crippen MR) is 94.3 cm³/mol. The Labute approximate surface area is 133 Å². The standard InChI is InChI=1S/C17H38N.BrH/c1-5-6-7-8-9-10-11-12-13-14-15-16-17-18(2,3)4;/h5-17H2,1-4H3;1H/q+1;. The molecule has 0 amide bonds. The summed E-state index contributed by atoms with van der Waals surface area (Å²) in [5.41, 5.74) is 0. The summed E-state index contributed by atoms with van der Waals surface area (Å²) < 4.78 is 1.12. The van der Waals surface area contributed by atoms with E-state index in [9.17, 15) is 0 Å². The molecular weight excluding hydrogens is 298 g/mol. The third-order valence-corrected chi connectivity index (χ3v) is 3.68. The maximum atomic E-state index is 2.29. The largest absolute Gasteiger partial charge is 0.331 e. The molecule has 0 aromatic carbocycles. The normalized spacial score (nSPS) is 11.4. The van der Waals surface area contributed by atoms with Crippen LogP contribution < -0.4 is 0 Å². The van der Waals surface area contributed by atoms with Crippen molar-refractivity contribution < 1.29 is 4.48 Å². The van der Waals surface area contributed by atoms with Gasteiger partial charge in [-0.1, -0.05) is 71.1 Å². The van der Waals surface area contributed by atoms with Crippen molar-refractivity contribution in [2.45, 2.75) is 84.0 Å². The lowest BCUT2D eigenvalue weighted by atomic mass is 10.1. The highest BCUT2D eigenvalue weighted by molar-refractivity contribution is 8.93. The lowest BCUT2D eigenvalue weighted by Crippen LogP contribution is -2.35. The van der Waals surface area contributed by atoms with Crippen LogP contribution in [0.25, 0.3) is 0 Å². The highest BCUT2D eigenvalue weighted by atomic mass is 79.9. The van der Waals surface area contributed by atoms with Gasteiger partial charge in [-0.25, -0.2) is 0 Å². The zero-order valence-corrected chi connectivity index (χ0v) is 15.8. The van der Waals surface area contributed by atoms with Gasteiger partial charge in [-0.2, -0.15) is 0 Å². The first-order chi connectivity index (χ1) is 8.56. The Morgan fingerprint density at radius 1 is 0.526 bits per heavy atom. The smallest absolute Gasteiger partial charge is 0.0780 e. The van der Waals surface area contributed by atoms with E-state index in [1.165, 1.54) is 83.6 Å². The van der Waals surface area contributed by atoms with Crippen molar-refractivity contribution in [3.63, 3.8) is 0 Å². The molecule has 0 saturated heterocycles. The first kappa shape index (κ1) is 21.7. The molecule has 0 unspecified atom stereocenters. The second kappa shape index (κ2) is 14.8. The van der Waals surface area contributed by atoms with Gasteiger partial charge in [0.1, 0.15) is 0 Å². The highest BCUT2D eigenvalue weighted by Gasteiger charge is 2.04. The monoisotopic (exact) mass is 336 g/mol. The molecule has 0 rings (SSSR count). The molecule has 1 nitrogen and oxygen atoms in total. The summed E-state index contributed by atoms with van der Waals surface area (Å²) in [7, 11) is 6.87. The van der Waals surface area contributed by atoms with E-state index in [0.717, 1.165) is 4.48 Å². The summed E-state index contributed by atoms with van der Waals surface area (Å²) in [4.78, 5) is 0. The minimum Gasteiger partial charge on any atom is -0.331 e. The number of rotatable bonds is 13. The maximum absolute atomic E-state index is 2.29. The van der Waals surface area contributed by atoms with Gasteiger partial charge in [-0.05, 0) is 12.8 Å². The van der Waals surface area contributed by atoms with Crippen LogP contribution in [0, 0.1) is 0 Å². The topological polar surface area (TPSA) is 0 Å². The van der Waals surface area contributed by atoms with E-state index in [2.05, 4.69) is 28.1 Å². The van der Waals surface area contributed by atoms with Crippen molar-refractivity contribution >= 4 is 17.0 Å². The fourth-order valence-corrected chi connectivity index (χ4v) is 2.43. The van der Waals surface area contributed by atoms with Crippen LogP contribution in [-0.4, -0.2) is 32.2 Å². The summed E-state index contributed by atoms with van der Waals surface area (Å²) >= 11 is 0. The zero-order chi connectivity index (χ0) is 13.7. The molecule has 0 radical (unpaired) electrons. The third-order valence-electron chi connectivity index (χ3n) is 3.68. The summed E-state index contributed by atoms with van der Waals surface area (Å²) in [6.07, 6.45) is 17.4. The molecule has 118 valence electrons. The summed E-state index contributed by atoms with van der Waals surface area (Å²) in [5.74, 6) is 0. The summed E-state index contributed by atoms with van der Waals surface area (Å²) in [5, 5.41) is 0. The molecule has 2 heteroatoms. The molecule has 0 aromatic rings. The van der Waals surface area contributed by atoms with Gasteiger partial charge in [0.25, 0.3) is 0 Å². The lowest BCUT2D eigenvalue weighted by molar-refractivity contribution is -0.870. The molecule has 0 fully saturated rings. The molecule has 19 heavy (non-hydrogen) atoms. The zero-order valence-electron chi connectivity index (χ0n) is 14.0. The molecule has 0 bridgehead atoms. The van der Waals surface area contributed by atoms with Crippen molar-refractivity contribution in [2.24, 2.45) is 0 Å². The second-order valence-corrected chi connectivity index (χ2v) is 6.90. The average molecular weight is 337 g/mol. The van der Waals surface area contributed by atoms with Gasteiger partial charge in [0.15, 0.2) is 0 Å². The van der Waals surface area contributed by atoms with Crippen LogP contribution in [0.3, 0.4) is 0 Å². The number of quaternary nitrogens is 1. The molecule has 0 aliphatic heterocycles. The van der Waals surface area contributed by atoms with Gasteiger partial charge in [0.05, 0.1) is 27.7 Å². The molecule has 0 aromatic heterocycles. The van der Waals surface area contributed by atoms with E-state index < -0.39 is 0 Å².